The Bertz CT molecular complexity index is 568. The second kappa shape index (κ2) is 4.47. The van der Waals surface area contributed by atoms with E-state index in [1.807, 2.05) is 30.3 Å². The lowest BCUT2D eigenvalue weighted by molar-refractivity contribution is -0.117. The molecule has 1 unspecified atom stereocenters. The van der Waals surface area contributed by atoms with Crippen LogP contribution in [0.25, 0.3) is 10.6 Å². The molecule has 1 aromatic heterocycles. The molecule has 0 radical (unpaired) electrons. The van der Waals surface area contributed by atoms with Gasteiger partial charge in [-0.1, -0.05) is 30.3 Å². The SMILES string of the molecule is NC1CC(=O)N(c2nsc(-c3ccccc3)n2)C1. The molecule has 0 spiro atoms. The lowest BCUT2D eigenvalue weighted by Crippen LogP contribution is -2.28. The molecular weight excluding hydrogens is 248 g/mol. The van der Waals surface area contributed by atoms with Crippen molar-refractivity contribution in [1.29, 1.82) is 0 Å². The maximum Gasteiger partial charge on any atom is 0.244 e. The van der Waals surface area contributed by atoms with Gasteiger partial charge in [0.2, 0.25) is 11.9 Å². The number of nitrogens with two attached hydrogens (primary N) is 1. The number of benzene rings is 1. The van der Waals surface area contributed by atoms with Crippen molar-refractivity contribution in [2.75, 3.05) is 11.4 Å². The minimum Gasteiger partial charge on any atom is -0.326 e. The number of nitrogens with zero attached hydrogens (tertiary/aromatic N) is 3. The number of anilines is 1. The fraction of sp³-hybridized carbons (Fsp3) is 0.250. The standard InChI is InChI=1S/C12H12N4OS/c13-9-6-10(17)16(7-9)12-14-11(18-15-12)8-4-2-1-3-5-8/h1-5,9H,6-7,13H2. The molecule has 0 aliphatic carbocycles. The molecule has 2 N–H and O–H groups in total. The highest BCUT2D eigenvalue weighted by Crippen LogP contribution is 2.26. The first-order chi connectivity index (χ1) is 8.74. The minimum atomic E-state index is -0.110. The van der Waals surface area contributed by atoms with Gasteiger partial charge in [-0.3, -0.25) is 9.69 Å². The smallest absolute Gasteiger partial charge is 0.244 e. The van der Waals surface area contributed by atoms with Gasteiger partial charge < -0.3 is 5.73 Å². The van der Waals surface area contributed by atoms with E-state index in [0.29, 0.717) is 18.9 Å². The van der Waals surface area contributed by atoms with Crippen molar-refractivity contribution in [1.82, 2.24) is 9.36 Å². The first kappa shape index (κ1) is 11.3. The van der Waals surface area contributed by atoms with Crippen LogP contribution in [-0.4, -0.2) is 27.9 Å². The Morgan fingerprint density at radius 2 is 2.11 bits per heavy atom. The van der Waals surface area contributed by atoms with Crippen molar-refractivity contribution < 1.29 is 4.79 Å². The topological polar surface area (TPSA) is 72.1 Å². The van der Waals surface area contributed by atoms with Gasteiger partial charge in [-0.05, 0) is 11.5 Å². The Hall–Kier alpha value is -1.79. The van der Waals surface area contributed by atoms with Crippen LogP contribution in [0.1, 0.15) is 6.42 Å². The Morgan fingerprint density at radius 1 is 1.33 bits per heavy atom. The Kier molecular flexibility index (Phi) is 2.81. The third-order valence-electron chi connectivity index (χ3n) is 2.83. The molecule has 0 bridgehead atoms. The number of carbonyl (C=O) groups is 1. The molecule has 92 valence electrons. The molecular formula is C12H12N4OS. The predicted molar refractivity (Wildman–Crippen MR) is 70.3 cm³/mol. The molecule has 1 aliphatic heterocycles. The number of aromatic nitrogens is 2. The Morgan fingerprint density at radius 3 is 2.78 bits per heavy atom. The van der Waals surface area contributed by atoms with Gasteiger partial charge in [0.15, 0.2) is 0 Å². The van der Waals surface area contributed by atoms with Crippen LogP contribution in [0, 0.1) is 0 Å². The summed E-state index contributed by atoms with van der Waals surface area (Å²) in [6.45, 7) is 0.504. The van der Waals surface area contributed by atoms with E-state index in [2.05, 4.69) is 9.36 Å². The van der Waals surface area contributed by atoms with E-state index in [1.165, 1.54) is 11.5 Å². The first-order valence-corrected chi connectivity index (χ1v) is 6.46. The number of rotatable bonds is 2. The normalized spacial score (nSPS) is 19.5. The second-order valence-corrected chi connectivity index (χ2v) is 4.99. The van der Waals surface area contributed by atoms with Crippen LogP contribution in [0.2, 0.25) is 0 Å². The predicted octanol–water partition coefficient (Wildman–Crippen LogP) is 1.27. The molecule has 5 nitrogen and oxygen atoms in total. The molecule has 1 amide bonds. The molecule has 2 heterocycles. The summed E-state index contributed by atoms with van der Waals surface area (Å²) in [6.07, 6.45) is 0.375. The first-order valence-electron chi connectivity index (χ1n) is 5.69. The second-order valence-electron chi connectivity index (χ2n) is 4.23. The van der Waals surface area contributed by atoms with Crippen molar-refractivity contribution in [2.45, 2.75) is 12.5 Å². The summed E-state index contributed by atoms with van der Waals surface area (Å²) in [4.78, 5) is 17.7. The largest absolute Gasteiger partial charge is 0.326 e. The Balaban J connectivity index is 1.88. The van der Waals surface area contributed by atoms with Gasteiger partial charge in [0.25, 0.3) is 0 Å². The summed E-state index contributed by atoms with van der Waals surface area (Å²) < 4.78 is 4.24. The zero-order valence-corrected chi connectivity index (χ0v) is 10.4. The van der Waals surface area contributed by atoms with E-state index >= 15 is 0 Å². The van der Waals surface area contributed by atoms with Crippen molar-refractivity contribution in [3.05, 3.63) is 30.3 Å². The van der Waals surface area contributed by atoms with E-state index < -0.39 is 0 Å². The number of hydrogen-bond donors (Lipinski definition) is 1. The summed E-state index contributed by atoms with van der Waals surface area (Å²) in [5.41, 5.74) is 6.77. The van der Waals surface area contributed by atoms with Crippen LogP contribution in [0.5, 0.6) is 0 Å². The number of hydrogen-bond acceptors (Lipinski definition) is 5. The molecule has 1 fully saturated rings. The van der Waals surface area contributed by atoms with Crippen molar-refractivity contribution in [3.63, 3.8) is 0 Å². The van der Waals surface area contributed by atoms with Crippen molar-refractivity contribution >= 4 is 23.4 Å². The third-order valence-corrected chi connectivity index (χ3v) is 3.59. The quantitative estimate of drug-likeness (QED) is 0.882. The lowest BCUT2D eigenvalue weighted by Gasteiger charge is -2.09. The van der Waals surface area contributed by atoms with Crippen molar-refractivity contribution in [3.8, 4) is 10.6 Å². The monoisotopic (exact) mass is 260 g/mol. The highest BCUT2D eigenvalue weighted by molar-refractivity contribution is 7.09. The average molecular weight is 260 g/mol. The van der Waals surface area contributed by atoms with E-state index in [1.54, 1.807) is 4.90 Å². The molecule has 1 saturated heterocycles. The summed E-state index contributed by atoms with van der Waals surface area (Å²) in [6, 6.07) is 9.69. The lowest BCUT2D eigenvalue weighted by atomic mass is 10.2. The van der Waals surface area contributed by atoms with Gasteiger partial charge >= 0.3 is 0 Å². The Labute approximate surface area is 108 Å². The maximum atomic E-state index is 11.7. The summed E-state index contributed by atoms with van der Waals surface area (Å²) in [7, 11) is 0. The van der Waals surface area contributed by atoms with Crippen LogP contribution in [-0.2, 0) is 4.79 Å². The molecule has 1 aliphatic rings. The number of amides is 1. The van der Waals surface area contributed by atoms with Gasteiger partial charge in [0, 0.05) is 24.6 Å². The van der Waals surface area contributed by atoms with E-state index in [4.69, 9.17) is 5.73 Å². The van der Waals surface area contributed by atoms with Gasteiger partial charge in [-0.15, -0.1) is 0 Å². The fourth-order valence-corrected chi connectivity index (χ4v) is 2.62. The molecule has 0 saturated carbocycles. The summed E-state index contributed by atoms with van der Waals surface area (Å²) in [5.74, 6) is 0.469. The van der Waals surface area contributed by atoms with Crippen molar-refractivity contribution in [2.24, 2.45) is 5.73 Å². The molecule has 2 aromatic rings. The van der Waals surface area contributed by atoms with Gasteiger partial charge in [-0.25, -0.2) is 0 Å². The molecule has 1 aromatic carbocycles. The van der Waals surface area contributed by atoms with Crippen LogP contribution in [0.15, 0.2) is 30.3 Å². The van der Waals surface area contributed by atoms with E-state index in [9.17, 15) is 4.79 Å². The zero-order valence-electron chi connectivity index (χ0n) is 9.61. The average Bonchev–Trinajstić information content (AvgIpc) is 2.97. The maximum absolute atomic E-state index is 11.7. The third kappa shape index (κ3) is 2.00. The van der Waals surface area contributed by atoms with Crippen LogP contribution in [0.3, 0.4) is 0 Å². The fourth-order valence-electron chi connectivity index (χ4n) is 1.95. The van der Waals surface area contributed by atoms with Gasteiger partial charge in [-0.2, -0.15) is 9.36 Å². The highest BCUT2D eigenvalue weighted by atomic mass is 32.1. The summed E-state index contributed by atoms with van der Waals surface area (Å²) in [5, 5.41) is 0.818. The van der Waals surface area contributed by atoms with Crippen LogP contribution in [0.4, 0.5) is 5.95 Å². The van der Waals surface area contributed by atoms with E-state index in [0.717, 1.165) is 10.6 Å². The van der Waals surface area contributed by atoms with Gasteiger partial charge in [0.05, 0.1) is 0 Å². The number of carbonyl (C=O) groups excluding carboxylic acids is 1. The molecule has 1 atom stereocenters. The zero-order chi connectivity index (χ0) is 12.5. The van der Waals surface area contributed by atoms with Gasteiger partial charge in [0.1, 0.15) is 5.01 Å². The minimum absolute atomic E-state index is 0.0000818. The summed E-state index contributed by atoms with van der Waals surface area (Å²) >= 11 is 1.30. The van der Waals surface area contributed by atoms with E-state index in [-0.39, 0.29) is 11.9 Å². The van der Waals surface area contributed by atoms with Crippen LogP contribution < -0.4 is 10.6 Å². The van der Waals surface area contributed by atoms with Crippen LogP contribution >= 0.6 is 11.5 Å². The molecule has 6 heteroatoms. The molecule has 3 rings (SSSR count). The molecule has 18 heavy (non-hydrogen) atoms. The highest BCUT2D eigenvalue weighted by Gasteiger charge is 2.30.